The van der Waals surface area contributed by atoms with Crippen molar-refractivity contribution in [3.63, 3.8) is 0 Å². The first-order valence-electron chi connectivity index (χ1n) is 12.7. The van der Waals surface area contributed by atoms with Crippen LogP contribution in [0.5, 0.6) is 0 Å². The van der Waals surface area contributed by atoms with E-state index >= 15 is 0 Å². The second-order valence-electron chi connectivity index (χ2n) is 12.7. The Morgan fingerprint density at radius 3 is 2.22 bits per heavy atom. The first-order valence-corrected chi connectivity index (χ1v) is 13.4. The molecule has 0 spiro atoms. The van der Waals surface area contributed by atoms with Crippen molar-refractivity contribution in [2.75, 3.05) is 0 Å². The predicted molar refractivity (Wildman–Crippen MR) is 147 cm³/mol. The number of allylic oxidation sites excluding steroid dienone is 2. The van der Waals surface area contributed by atoms with Gasteiger partial charge in [0.05, 0.1) is 15.8 Å². The fraction of sp³-hybridized carbons (Fsp3) is 0.517. The van der Waals surface area contributed by atoms with Crippen LogP contribution in [0.15, 0.2) is 59.1 Å². The summed E-state index contributed by atoms with van der Waals surface area (Å²) in [4.78, 5) is 18.8. The van der Waals surface area contributed by atoms with Crippen molar-refractivity contribution in [3.8, 4) is 0 Å². The van der Waals surface area contributed by atoms with Crippen LogP contribution < -0.4 is 5.84 Å². The van der Waals surface area contributed by atoms with Gasteiger partial charge in [0.25, 0.3) is 5.82 Å². The maximum atomic E-state index is 14.0. The van der Waals surface area contributed by atoms with Crippen LogP contribution in [0.25, 0.3) is 0 Å². The molecule has 2 aliphatic heterocycles. The van der Waals surface area contributed by atoms with Gasteiger partial charge in [-0.2, -0.15) is 10.8 Å². The molecule has 5 nitrogen and oxygen atoms in total. The zero-order valence-electron chi connectivity index (χ0n) is 22.3. The van der Waals surface area contributed by atoms with Gasteiger partial charge in [-0.05, 0) is 41.7 Å². The van der Waals surface area contributed by atoms with Gasteiger partial charge >= 0.3 is 5.97 Å². The third-order valence-corrected chi connectivity index (χ3v) is 8.52. The van der Waals surface area contributed by atoms with Gasteiger partial charge in [-0.3, -0.25) is 0 Å². The number of hydrogen-bond donors (Lipinski definition) is 1. The van der Waals surface area contributed by atoms with E-state index in [0.29, 0.717) is 38.6 Å². The smallest absolute Gasteiger partial charge is 0.346 e. The van der Waals surface area contributed by atoms with Crippen LogP contribution in [-0.2, 0) is 9.53 Å². The van der Waals surface area contributed by atoms with Crippen LogP contribution in [0.3, 0.4) is 0 Å². The van der Waals surface area contributed by atoms with E-state index in [1.54, 1.807) is 24.5 Å². The molecule has 0 radical (unpaired) electrons. The maximum Gasteiger partial charge on any atom is 0.346 e. The van der Waals surface area contributed by atoms with E-state index in [9.17, 15) is 4.79 Å². The highest BCUT2D eigenvalue weighted by molar-refractivity contribution is 6.42. The Hall–Kier alpha value is -1.92. The summed E-state index contributed by atoms with van der Waals surface area (Å²) in [5.41, 5.74) is 1.47. The molecule has 2 heterocycles. The molecule has 7 heteroatoms. The third-order valence-electron chi connectivity index (χ3n) is 7.79. The van der Waals surface area contributed by atoms with Crippen LogP contribution >= 0.6 is 23.2 Å². The van der Waals surface area contributed by atoms with Gasteiger partial charge < -0.3 is 4.74 Å². The van der Waals surface area contributed by atoms with Crippen LogP contribution in [0, 0.1) is 28.6 Å². The Morgan fingerprint density at radius 1 is 1.06 bits per heavy atom. The van der Waals surface area contributed by atoms with Gasteiger partial charge in [-0.25, -0.2) is 4.79 Å². The van der Waals surface area contributed by atoms with Gasteiger partial charge in [0.1, 0.15) is 24.1 Å². The Kier molecular flexibility index (Phi) is 7.11. The highest BCUT2D eigenvalue weighted by atomic mass is 35.5. The number of halogens is 2. The number of nitrogens with zero attached hydrogens (tertiary/aromatic N) is 2. The minimum absolute atomic E-state index is 0.0139. The van der Waals surface area contributed by atoms with Gasteiger partial charge in [-0.1, -0.05) is 77.7 Å². The second kappa shape index (κ2) is 9.43. The van der Waals surface area contributed by atoms with E-state index < -0.39 is 5.97 Å². The monoisotopic (exact) mass is 530 g/mol. The normalized spacial score (nSPS) is 30.3. The highest BCUT2D eigenvalue weighted by Crippen LogP contribution is 2.50. The molecule has 1 aromatic carbocycles. The lowest BCUT2D eigenvalue weighted by molar-refractivity contribution is -0.799. The first-order chi connectivity index (χ1) is 16.6. The molecule has 194 valence electrons. The molecule has 1 saturated carbocycles. The van der Waals surface area contributed by atoms with Crippen LogP contribution in [-0.4, -0.2) is 22.4 Å². The molecule has 1 aliphatic carbocycles. The zero-order valence-corrected chi connectivity index (χ0v) is 23.8. The van der Waals surface area contributed by atoms with E-state index in [1.165, 1.54) is 0 Å². The first kappa shape index (κ1) is 27.1. The Bertz CT molecular complexity index is 1160. The SMILES string of the molecule is CC1CC(C(C)(C)C)C(OC(=O)C2=C[N+]3(N)C=CC=C3N=C2c2ccc(Cl)c(Cl)c2)C(C(C)(C)C)C1. The molecule has 3 unspecified atom stereocenters. The van der Waals surface area contributed by atoms with Crippen molar-refractivity contribution < 1.29 is 14.1 Å². The van der Waals surface area contributed by atoms with Crippen LogP contribution in [0.1, 0.15) is 66.9 Å². The Labute approximate surface area is 225 Å². The summed E-state index contributed by atoms with van der Waals surface area (Å²) in [5.74, 6) is 7.80. The largest absolute Gasteiger partial charge is 0.458 e. The average molecular weight is 532 g/mol. The van der Waals surface area contributed by atoms with Crippen molar-refractivity contribution >= 4 is 34.9 Å². The van der Waals surface area contributed by atoms with Crippen LogP contribution in [0.2, 0.25) is 10.0 Å². The molecule has 36 heavy (non-hydrogen) atoms. The van der Waals surface area contributed by atoms with Gasteiger partial charge in [0.2, 0.25) is 0 Å². The number of quaternary nitrogens is 1. The van der Waals surface area contributed by atoms with Crippen molar-refractivity contribution in [3.05, 3.63) is 69.8 Å². The number of carbonyl (C=O) groups excluding carboxylic acids is 1. The van der Waals surface area contributed by atoms with E-state index in [1.807, 2.05) is 18.2 Å². The molecular weight excluding hydrogens is 493 g/mol. The summed E-state index contributed by atoms with van der Waals surface area (Å²) in [6.07, 6.45) is 9.00. The summed E-state index contributed by atoms with van der Waals surface area (Å²) >= 11 is 12.5. The number of carbonyl (C=O) groups is 1. The van der Waals surface area contributed by atoms with E-state index in [4.69, 9.17) is 38.8 Å². The van der Waals surface area contributed by atoms with E-state index in [-0.39, 0.29) is 33.4 Å². The second-order valence-corrected chi connectivity index (χ2v) is 13.5. The fourth-order valence-electron chi connectivity index (χ4n) is 5.73. The lowest BCUT2D eigenvalue weighted by Crippen LogP contribution is -2.50. The van der Waals surface area contributed by atoms with Crippen molar-refractivity contribution in [2.45, 2.75) is 67.4 Å². The number of rotatable bonds is 3. The summed E-state index contributed by atoms with van der Waals surface area (Å²) in [6.45, 7) is 15.8. The molecule has 2 N–H and O–H groups in total. The number of aliphatic imine (C=N–C) groups is 1. The lowest BCUT2D eigenvalue weighted by atomic mass is 9.59. The molecule has 0 aromatic heterocycles. The van der Waals surface area contributed by atoms with Gasteiger partial charge in [0, 0.05) is 29.6 Å². The summed E-state index contributed by atoms with van der Waals surface area (Å²) in [5, 5.41) is 0.831. The number of esters is 1. The number of fused-ring (bicyclic) bond motifs is 1. The number of benzene rings is 1. The molecule has 1 aromatic rings. The maximum absolute atomic E-state index is 14.0. The topological polar surface area (TPSA) is 64.7 Å². The Balaban J connectivity index is 1.76. The molecule has 3 atom stereocenters. The van der Waals surface area contributed by atoms with Crippen molar-refractivity contribution in [1.29, 1.82) is 0 Å². The standard InChI is InChI=1S/C29H38Cl2N3O2/c1-17-13-20(28(2,3)4)26(21(14-17)29(5,6)7)36-27(35)19-16-34(32)12-8-9-24(34)33-25(19)18-10-11-22(30)23(31)15-18/h8-12,15-17,20-21,26H,13-14,32H2,1-7H3/q+1. The number of ether oxygens (including phenoxy) is 1. The summed E-state index contributed by atoms with van der Waals surface area (Å²) in [7, 11) is 0. The molecule has 0 saturated heterocycles. The number of hydrogen-bond acceptors (Lipinski definition) is 4. The fourth-order valence-corrected chi connectivity index (χ4v) is 6.03. The predicted octanol–water partition coefficient (Wildman–Crippen LogP) is 7.41. The summed E-state index contributed by atoms with van der Waals surface area (Å²) in [6, 6.07) is 5.24. The Morgan fingerprint density at radius 2 is 1.67 bits per heavy atom. The van der Waals surface area contributed by atoms with E-state index in [0.717, 1.165) is 12.8 Å². The molecule has 0 bridgehead atoms. The molecule has 1 fully saturated rings. The third kappa shape index (κ3) is 5.22. The average Bonchev–Trinajstić information content (AvgIpc) is 3.14. The van der Waals surface area contributed by atoms with Crippen molar-refractivity contribution in [2.24, 2.45) is 39.4 Å². The highest BCUT2D eigenvalue weighted by Gasteiger charge is 2.49. The molecular formula is C29H38Cl2N3O2+. The minimum Gasteiger partial charge on any atom is -0.458 e. The lowest BCUT2D eigenvalue weighted by Gasteiger charge is -2.50. The van der Waals surface area contributed by atoms with E-state index in [2.05, 4.69) is 48.5 Å². The van der Waals surface area contributed by atoms with Crippen molar-refractivity contribution in [1.82, 2.24) is 0 Å². The molecule has 0 amide bonds. The zero-order chi connectivity index (χ0) is 26.6. The quantitative estimate of drug-likeness (QED) is 0.251. The molecule has 4 rings (SSSR count). The number of nitrogens with two attached hydrogens (primary N) is 1. The molecule has 3 aliphatic rings. The van der Waals surface area contributed by atoms with Gasteiger partial charge in [-0.15, -0.1) is 4.59 Å². The van der Waals surface area contributed by atoms with Crippen LogP contribution in [0.4, 0.5) is 0 Å². The van der Waals surface area contributed by atoms with Gasteiger partial charge in [0.15, 0.2) is 0 Å². The minimum atomic E-state index is -0.412. The summed E-state index contributed by atoms with van der Waals surface area (Å²) < 4.78 is 6.32.